The molecule has 0 aromatic rings. The first-order chi connectivity index (χ1) is 6.81. The van der Waals surface area contributed by atoms with Gasteiger partial charge in [-0.25, -0.2) is 0 Å². The van der Waals surface area contributed by atoms with E-state index >= 15 is 0 Å². The molecule has 0 nitrogen and oxygen atoms in total. The average Bonchev–Trinajstić information content (AvgIpc) is 2.52. The van der Waals surface area contributed by atoms with E-state index in [1.807, 2.05) is 0 Å². The maximum absolute atomic E-state index is 2.32. The second kappa shape index (κ2) is 5.10. The molecule has 0 heteroatoms. The minimum absolute atomic E-state index is 0.484. The molecule has 0 spiro atoms. The van der Waals surface area contributed by atoms with Gasteiger partial charge in [-0.05, 0) is 41.4 Å². The summed E-state index contributed by atoms with van der Waals surface area (Å²) in [7, 11) is 0. The molecule has 1 aliphatic rings. The molecule has 1 fully saturated rings. The van der Waals surface area contributed by atoms with Crippen LogP contribution < -0.4 is 0 Å². The Balaban J connectivity index is 0.000000288. The second-order valence-electron chi connectivity index (χ2n) is 8.94. The molecule has 0 saturated heterocycles. The Morgan fingerprint density at radius 3 is 1.00 bits per heavy atom. The SMILES string of the molecule is CC(C)(C)C1CC1.CC(C)(C)CC(C)(C)C. The van der Waals surface area contributed by atoms with Gasteiger partial charge in [0.1, 0.15) is 0 Å². The van der Waals surface area contributed by atoms with Crippen LogP contribution in [0.5, 0.6) is 0 Å². The van der Waals surface area contributed by atoms with Crippen molar-refractivity contribution in [3.63, 3.8) is 0 Å². The van der Waals surface area contributed by atoms with E-state index in [1.165, 1.54) is 19.3 Å². The Morgan fingerprint density at radius 1 is 0.688 bits per heavy atom. The van der Waals surface area contributed by atoms with Crippen molar-refractivity contribution >= 4 is 0 Å². The largest absolute Gasteiger partial charge is 0.0602 e. The molecule has 1 aliphatic carbocycles. The molecule has 0 radical (unpaired) electrons. The van der Waals surface area contributed by atoms with Crippen LogP contribution in [0.2, 0.25) is 0 Å². The standard InChI is InChI=1S/C9H20.C7H14/c1-8(2,3)7-9(4,5)6;1-7(2,3)6-4-5-6/h7H2,1-6H3;6H,4-5H2,1-3H3. The van der Waals surface area contributed by atoms with Crippen LogP contribution in [0.1, 0.15) is 81.6 Å². The molecule has 0 unspecified atom stereocenters. The number of hydrogen-bond donors (Lipinski definition) is 0. The summed E-state index contributed by atoms with van der Waals surface area (Å²) in [6.07, 6.45) is 4.24. The first-order valence-corrected chi connectivity index (χ1v) is 6.81. The third-order valence-corrected chi connectivity index (χ3v) is 2.86. The van der Waals surface area contributed by atoms with Gasteiger partial charge >= 0.3 is 0 Å². The van der Waals surface area contributed by atoms with Crippen LogP contribution in [0.15, 0.2) is 0 Å². The van der Waals surface area contributed by atoms with Crippen LogP contribution in [0.3, 0.4) is 0 Å². The third-order valence-electron chi connectivity index (χ3n) is 2.86. The summed E-state index contributed by atoms with van der Waals surface area (Å²) in [6, 6.07) is 0. The lowest BCUT2D eigenvalue weighted by Gasteiger charge is -2.28. The van der Waals surface area contributed by atoms with E-state index in [0.717, 1.165) is 5.92 Å². The molecule has 98 valence electrons. The van der Waals surface area contributed by atoms with Crippen molar-refractivity contribution in [1.29, 1.82) is 0 Å². The van der Waals surface area contributed by atoms with Crippen molar-refractivity contribution in [2.75, 3.05) is 0 Å². The molecule has 0 amide bonds. The quantitative estimate of drug-likeness (QED) is 0.481. The van der Waals surface area contributed by atoms with Gasteiger partial charge in [-0.3, -0.25) is 0 Å². The van der Waals surface area contributed by atoms with Gasteiger partial charge in [0.2, 0.25) is 0 Å². The summed E-state index contributed by atoms with van der Waals surface area (Å²) < 4.78 is 0. The van der Waals surface area contributed by atoms with Crippen molar-refractivity contribution in [1.82, 2.24) is 0 Å². The normalized spacial score (nSPS) is 17.8. The topological polar surface area (TPSA) is 0 Å². The average molecular weight is 226 g/mol. The van der Waals surface area contributed by atoms with Gasteiger partial charge in [-0.1, -0.05) is 62.3 Å². The predicted molar refractivity (Wildman–Crippen MR) is 75.7 cm³/mol. The van der Waals surface area contributed by atoms with Crippen LogP contribution in [-0.4, -0.2) is 0 Å². The monoisotopic (exact) mass is 226 g/mol. The Kier molecular flexibility index (Phi) is 5.10. The molecule has 0 aliphatic heterocycles. The number of rotatable bonds is 0. The van der Waals surface area contributed by atoms with Gasteiger partial charge in [0.25, 0.3) is 0 Å². The molecule has 0 heterocycles. The molecule has 0 bridgehead atoms. The van der Waals surface area contributed by atoms with Crippen molar-refractivity contribution in [3.8, 4) is 0 Å². The van der Waals surface area contributed by atoms with E-state index in [2.05, 4.69) is 62.3 Å². The summed E-state index contributed by atoms with van der Waals surface area (Å²) in [5.74, 6) is 1.05. The lowest BCUT2D eigenvalue weighted by Crippen LogP contribution is -2.16. The third kappa shape index (κ3) is 10.5. The van der Waals surface area contributed by atoms with Crippen molar-refractivity contribution in [3.05, 3.63) is 0 Å². The fraction of sp³-hybridized carbons (Fsp3) is 1.00. The first-order valence-electron chi connectivity index (χ1n) is 6.81. The van der Waals surface area contributed by atoms with Crippen LogP contribution in [0, 0.1) is 22.2 Å². The highest BCUT2D eigenvalue weighted by Crippen LogP contribution is 2.44. The maximum Gasteiger partial charge on any atom is -0.0354 e. The highest BCUT2D eigenvalue weighted by Gasteiger charge is 2.33. The fourth-order valence-electron chi connectivity index (χ4n) is 2.54. The molecule has 0 aromatic heterocycles. The van der Waals surface area contributed by atoms with E-state index < -0.39 is 0 Å². The zero-order valence-electron chi connectivity index (χ0n) is 13.2. The maximum atomic E-state index is 2.32. The molecule has 16 heavy (non-hydrogen) atoms. The van der Waals surface area contributed by atoms with E-state index in [4.69, 9.17) is 0 Å². The van der Waals surface area contributed by atoms with Gasteiger partial charge in [0.05, 0.1) is 0 Å². The first kappa shape index (κ1) is 16.0. The van der Waals surface area contributed by atoms with Crippen molar-refractivity contribution in [2.45, 2.75) is 81.6 Å². The fourth-order valence-corrected chi connectivity index (χ4v) is 2.54. The minimum atomic E-state index is 0.484. The molecule has 1 rings (SSSR count). The van der Waals surface area contributed by atoms with E-state index in [0.29, 0.717) is 16.2 Å². The van der Waals surface area contributed by atoms with Crippen LogP contribution >= 0.6 is 0 Å². The lowest BCUT2D eigenvalue weighted by atomic mass is 9.78. The summed E-state index contributed by atoms with van der Waals surface area (Å²) in [4.78, 5) is 0. The molecular formula is C16H34. The van der Waals surface area contributed by atoms with Gasteiger partial charge < -0.3 is 0 Å². The highest BCUT2D eigenvalue weighted by atomic mass is 14.4. The summed E-state index contributed by atoms with van der Waals surface area (Å²) >= 11 is 0. The Morgan fingerprint density at radius 2 is 1.00 bits per heavy atom. The Bertz CT molecular complexity index is 176. The second-order valence-corrected chi connectivity index (χ2v) is 8.94. The van der Waals surface area contributed by atoms with E-state index in [9.17, 15) is 0 Å². The minimum Gasteiger partial charge on any atom is -0.0602 e. The summed E-state index contributed by atoms with van der Waals surface area (Å²) in [5.41, 5.74) is 1.58. The van der Waals surface area contributed by atoms with Crippen molar-refractivity contribution < 1.29 is 0 Å². The molecule has 1 saturated carbocycles. The summed E-state index contributed by atoms with van der Waals surface area (Å²) in [6.45, 7) is 20.7. The van der Waals surface area contributed by atoms with Crippen molar-refractivity contribution in [2.24, 2.45) is 22.2 Å². The Hall–Kier alpha value is 0. The van der Waals surface area contributed by atoms with E-state index in [1.54, 1.807) is 0 Å². The summed E-state index contributed by atoms with van der Waals surface area (Å²) in [5, 5.41) is 0. The van der Waals surface area contributed by atoms with Crippen LogP contribution in [0.25, 0.3) is 0 Å². The lowest BCUT2D eigenvalue weighted by molar-refractivity contribution is 0.233. The van der Waals surface area contributed by atoms with Gasteiger partial charge in [-0.15, -0.1) is 0 Å². The molecule has 0 atom stereocenters. The van der Waals surface area contributed by atoms with Gasteiger partial charge in [0.15, 0.2) is 0 Å². The van der Waals surface area contributed by atoms with Crippen LogP contribution in [0.4, 0.5) is 0 Å². The van der Waals surface area contributed by atoms with Crippen LogP contribution in [-0.2, 0) is 0 Å². The van der Waals surface area contributed by atoms with Gasteiger partial charge in [-0.2, -0.15) is 0 Å². The van der Waals surface area contributed by atoms with E-state index in [-0.39, 0.29) is 0 Å². The zero-order valence-corrected chi connectivity index (χ0v) is 13.2. The highest BCUT2D eigenvalue weighted by molar-refractivity contribution is 4.84. The zero-order chi connectivity index (χ0) is 13.2. The molecule has 0 N–H and O–H groups in total. The molecular weight excluding hydrogens is 192 g/mol. The number of hydrogen-bond acceptors (Lipinski definition) is 0. The predicted octanol–water partition coefficient (Wildman–Crippen LogP) is 5.91. The smallest absolute Gasteiger partial charge is 0.0354 e. The Labute approximate surface area is 104 Å². The molecule has 0 aromatic carbocycles. The van der Waals surface area contributed by atoms with Gasteiger partial charge in [0, 0.05) is 0 Å².